The van der Waals surface area contributed by atoms with Gasteiger partial charge in [0.25, 0.3) is 5.91 Å². The molecule has 0 radical (unpaired) electrons. The largest absolute Gasteiger partial charge is 0.508 e. The first-order valence-corrected chi connectivity index (χ1v) is 4.97. The Morgan fingerprint density at radius 1 is 1.41 bits per heavy atom. The summed E-state index contributed by atoms with van der Waals surface area (Å²) >= 11 is 0. The molecule has 1 rings (SSSR count). The second-order valence-corrected chi connectivity index (χ2v) is 3.24. The highest BCUT2D eigenvalue weighted by atomic mass is 16.3. The number of amides is 1. The molecule has 1 amide bonds. The molecule has 0 fully saturated rings. The summed E-state index contributed by atoms with van der Waals surface area (Å²) in [6, 6.07) is 7.89. The van der Waals surface area contributed by atoms with Crippen LogP contribution in [0, 0.1) is 11.3 Å². The molecule has 5 nitrogen and oxygen atoms in total. The molecule has 0 bridgehead atoms. The van der Waals surface area contributed by atoms with Crippen molar-refractivity contribution in [3.05, 3.63) is 35.4 Å². The third-order valence-corrected chi connectivity index (χ3v) is 1.97. The molecule has 0 aromatic heterocycles. The Kier molecular flexibility index (Phi) is 4.73. The summed E-state index contributed by atoms with van der Waals surface area (Å²) in [6.07, 6.45) is 1.41. The molecule has 0 aliphatic heterocycles. The normalized spacial score (nSPS) is 10.7. The third-order valence-electron chi connectivity index (χ3n) is 1.97. The Labute approximate surface area is 98.6 Å². The van der Waals surface area contributed by atoms with Gasteiger partial charge in [-0.3, -0.25) is 4.79 Å². The molecule has 1 aromatic rings. The van der Waals surface area contributed by atoms with Gasteiger partial charge >= 0.3 is 0 Å². The second kappa shape index (κ2) is 6.30. The lowest BCUT2D eigenvalue weighted by atomic mass is 10.1. The molecule has 0 saturated carbocycles. The fraction of sp³-hybridized carbons (Fsp3) is 0.167. The number of aromatic hydroxyl groups is 1. The highest BCUT2D eigenvalue weighted by Crippen LogP contribution is 2.12. The molecule has 0 unspecified atom stereocenters. The summed E-state index contributed by atoms with van der Waals surface area (Å²) in [6.45, 7) is -0.0723. The van der Waals surface area contributed by atoms with Crippen LogP contribution in [0.15, 0.2) is 29.8 Å². The van der Waals surface area contributed by atoms with Crippen LogP contribution in [0.25, 0.3) is 6.08 Å². The first-order valence-electron chi connectivity index (χ1n) is 4.97. The number of hydrogen-bond acceptors (Lipinski definition) is 4. The number of hydrogen-bond donors (Lipinski definition) is 3. The summed E-state index contributed by atoms with van der Waals surface area (Å²) in [4.78, 5) is 11.4. The van der Waals surface area contributed by atoms with Crippen molar-refractivity contribution in [2.45, 2.75) is 0 Å². The molecule has 3 N–H and O–H groups in total. The van der Waals surface area contributed by atoms with Crippen LogP contribution in [0.1, 0.15) is 5.56 Å². The number of nitriles is 1. The number of carbonyl (C=O) groups is 1. The zero-order valence-corrected chi connectivity index (χ0v) is 9.05. The molecule has 0 heterocycles. The molecule has 0 spiro atoms. The number of benzene rings is 1. The van der Waals surface area contributed by atoms with Crippen LogP contribution in [0.3, 0.4) is 0 Å². The van der Waals surface area contributed by atoms with Gasteiger partial charge in [0.1, 0.15) is 17.4 Å². The minimum atomic E-state index is -0.533. The van der Waals surface area contributed by atoms with Gasteiger partial charge in [0.05, 0.1) is 6.61 Å². The predicted octanol–water partition coefficient (Wildman–Crippen LogP) is 0.408. The van der Waals surface area contributed by atoms with E-state index in [1.165, 1.54) is 18.2 Å². The van der Waals surface area contributed by atoms with Crippen molar-refractivity contribution in [2.24, 2.45) is 0 Å². The number of aliphatic hydroxyl groups excluding tert-OH is 1. The van der Waals surface area contributed by atoms with E-state index in [1.807, 2.05) is 0 Å². The summed E-state index contributed by atoms with van der Waals surface area (Å²) in [5.41, 5.74) is 0.586. The third kappa shape index (κ3) is 3.97. The summed E-state index contributed by atoms with van der Waals surface area (Å²) in [7, 11) is 0. The van der Waals surface area contributed by atoms with Crippen LogP contribution < -0.4 is 5.32 Å². The van der Waals surface area contributed by atoms with Gasteiger partial charge in [-0.15, -0.1) is 0 Å². The van der Waals surface area contributed by atoms with E-state index in [0.29, 0.717) is 5.56 Å². The smallest absolute Gasteiger partial charge is 0.262 e. The summed E-state index contributed by atoms with van der Waals surface area (Å²) < 4.78 is 0. The maximum Gasteiger partial charge on any atom is 0.262 e. The Balaban J connectivity index is 2.83. The van der Waals surface area contributed by atoms with Gasteiger partial charge in [-0.1, -0.05) is 12.1 Å². The number of phenolic OH excluding ortho intramolecular Hbond substituents is 1. The first kappa shape index (κ1) is 12.7. The van der Waals surface area contributed by atoms with Gasteiger partial charge in [0.2, 0.25) is 0 Å². The van der Waals surface area contributed by atoms with Crippen molar-refractivity contribution < 1.29 is 15.0 Å². The van der Waals surface area contributed by atoms with E-state index in [-0.39, 0.29) is 24.5 Å². The maximum atomic E-state index is 11.4. The van der Waals surface area contributed by atoms with Gasteiger partial charge < -0.3 is 15.5 Å². The Morgan fingerprint density at radius 3 is 2.59 bits per heavy atom. The standard InChI is InChI=1S/C12H12N2O3/c13-8-10(12(17)14-5-6-15)7-9-1-3-11(16)4-2-9/h1-4,7,15-16H,5-6H2,(H,14,17)/b10-7+. The summed E-state index contributed by atoms with van der Waals surface area (Å²) in [5, 5.41) is 28.8. The lowest BCUT2D eigenvalue weighted by Gasteiger charge is -2.01. The van der Waals surface area contributed by atoms with Crippen molar-refractivity contribution in [1.82, 2.24) is 5.32 Å². The number of nitrogens with zero attached hydrogens (tertiary/aromatic N) is 1. The van der Waals surface area contributed by atoms with Crippen molar-refractivity contribution in [1.29, 1.82) is 5.26 Å². The van der Waals surface area contributed by atoms with Crippen LogP contribution >= 0.6 is 0 Å². The van der Waals surface area contributed by atoms with E-state index in [2.05, 4.69) is 5.32 Å². The molecule has 0 aliphatic carbocycles. The molecule has 0 saturated heterocycles. The topological polar surface area (TPSA) is 93.3 Å². The van der Waals surface area contributed by atoms with Crippen LogP contribution in [0.4, 0.5) is 0 Å². The highest BCUT2D eigenvalue weighted by Gasteiger charge is 2.07. The molecule has 17 heavy (non-hydrogen) atoms. The minimum Gasteiger partial charge on any atom is -0.508 e. The first-order chi connectivity index (χ1) is 8.17. The molecule has 1 aromatic carbocycles. The average Bonchev–Trinajstić information content (AvgIpc) is 2.35. The lowest BCUT2D eigenvalue weighted by molar-refractivity contribution is -0.117. The van der Waals surface area contributed by atoms with Gasteiger partial charge in [-0.05, 0) is 23.8 Å². The van der Waals surface area contributed by atoms with E-state index in [1.54, 1.807) is 18.2 Å². The quantitative estimate of drug-likeness (QED) is 0.517. The molecule has 0 atom stereocenters. The number of rotatable bonds is 4. The number of carbonyl (C=O) groups excluding carboxylic acids is 1. The predicted molar refractivity (Wildman–Crippen MR) is 61.8 cm³/mol. The van der Waals surface area contributed by atoms with E-state index >= 15 is 0 Å². The number of aliphatic hydroxyl groups is 1. The Hall–Kier alpha value is -2.32. The molecular weight excluding hydrogens is 220 g/mol. The van der Waals surface area contributed by atoms with Crippen LogP contribution in [-0.2, 0) is 4.79 Å². The van der Waals surface area contributed by atoms with E-state index in [0.717, 1.165) is 0 Å². The monoisotopic (exact) mass is 232 g/mol. The van der Waals surface area contributed by atoms with Crippen molar-refractivity contribution >= 4 is 12.0 Å². The fourth-order valence-corrected chi connectivity index (χ4v) is 1.15. The molecular formula is C12H12N2O3. The zero-order chi connectivity index (χ0) is 12.7. The van der Waals surface area contributed by atoms with Crippen molar-refractivity contribution in [2.75, 3.05) is 13.2 Å². The van der Waals surface area contributed by atoms with Gasteiger partial charge in [0.15, 0.2) is 0 Å². The van der Waals surface area contributed by atoms with Gasteiger partial charge in [0, 0.05) is 6.54 Å². The second-order valence-electron chi connectivity index (χ2n) is 3.24. The fourth-order valence-electron chi connectivity index (χ4n) is 1.15. The van der Waals surface area contributed by atoms with Crippen molar-refractivity contribution in [3.63, 3.8) is 0 Å². The number of nitrogens with one attached hydrogen (secondary N) is 1. The van der Waals surface area contributed by atoms with E-state index in [9.17, 15) is 4.79 Å². The van der Waals surface area contributed by atoms with Crippen LogP contribution in [0.5, 0.6) is 5.75 Å². The molecule has 5 heteroatoms. The van der Waals surface area contributed by atoms with Crippen LogP contribution in [-0.4, -0.2) is 29.3 Å². The van der Waals surface area contributed by atoms with E-state index < -0.39 is 5.91 Å². The van der Waals surface area contributed by atoms with Gasteiger partial charge in [-0.25, -0.2) is 0 Å². The maximum absolute atomic E-state index is 11.4. The highest BCUT2D eigenvalue weighted by molar-refractivity contribution is 6.01. The summed E-state index contributed by atoms with van der Waals surface area (Å²) in [5.74, 6) is -0.417. The average molecular weight is 232 g/mol. The van der Waals surface area contributed by atoms with Gasteiger partial charge in [-0.2, -0.15) is 5.26 Å². The lowest BCUT2D eigenvalue weighted by Crippen LogP contribution is -2.27. The molecule has 88 valence electrons. The van der Waals surface area contributed by atoms with E-state index in [4.69, 9.17) is 15.5 Å². The van der Waals surface area contributed by atoms with Crippen LogP contribution in [0.2, 0.25) is 0 Å². The van der Waals surface area contributed by atoms with Crippen molar-refractivity contribution in [3.8, 4) is 11.8 Å². The Bertz CT molecular complexity index is 458. The SMILES string of the molecule is N#C/C(=C\c1ccc(O)cc1)C(=O)NCCO. The molecule has 0 aliphatic rings. The number of phenols is 1. The minimum absolute atomic E-state index is 0.0517. The zero-order valence-electron chi connectivity index (χ0n) is 9.05. The Morgan fingerprint density at radius 2 is 2.06 bits per heavy atom.